The molecule has 0 bridgehead atoms. The lowest BCUT2D eigenvalue weighted by molar-refractivity contribution is -0.115. The molecule has 0 aliphatic carbocycles. The number of hydrogen-bond donors (Lipinski definition) is 1. The molecule has 2 amide bonds. The summed E-state index contributed by atoms with van der Waals surface area (Å²) in [5.74, 6) is 0.632. The number of nitrogens with one attached hydrogen (secondary N) is 1. The Hall–Kier alpha value is -3.05. The topological polar surface area (TPSA) is 49.4 Å². The minimum absolute atomic E-state index is 0.0313. The monoisotopic (exact) mass is 472 g/mol. The molecule has 3 aromatic rings. The Labute approximate surface area is 206 Å². The number of para-hydroxylation sites is 2. The van der Waals surface area contributed by atoms with Crippen molar-refractivity contribution in [3.63, 3.8) is 0 Å². The zero-order valence-electron chi connectivity index (χ0n) is 20.5. The number of nitrogens with zero attached hydrogens (tertiary/aromatic N) is 1. The second-order valence-electron chi connectivity index (χ2n) is 10.0. The van der Waals surface area contributed by atoms with Crippen LogP contribution in [0.25, 0.3) is 0 Å². The van der Waals surface area contributed by atoms with Gasteiger partial charge < -0.3 is 5.32 Å². The van der Waals surface area contributed by atoms with Crippen LogP contribution in [0.15, 0.2) is 72.8 Å². The van der Waals surface area contributed by atoms with E-state index in [0.29, 0.717) is 17.2 Å². The van der Waals surface area contributed by atoms with Crippen LogP contribution in [0.5, 0.6) is 0 Å². The molecule has 4 nitrogen and oxygen atoms in total. The third-order valence-corrected chi connectivity index (χ3v) is 7.37. The lowest BCUT2D eigenvalue weighted by Gasteiger charge is -2.29. The quantitative estimate of drug-likeness (QED) is 0.429. The van der Waals surface area contributed by atoms with E-state index in [1.54, 1.807) is 11.8 Å². The fourth-order valence-corrected chi connectivity index (χ4v) is 5.46. The molecule has 1 aliphatic rings. The normalized spacial score (nSPS) is 16.2. The summed E-state index contributed by atoms with van der Waals surface area (Å²) in [4.78, 5) is 28.0. The van der Waals surface area contributed by atoms with E-state index in [9.17, 15) is 9.59 Å². The van der Waals surface area contributed by atoms with E-state index in [1.807, 2.05) is 71.6 Å². The van der Waals surface area contributed by atoms with Crippen molar-refractivity contribution in [2.45, 2.75) is 51.3 Å². The summed E-state index contributed by atoms with van der Waals surface area (Å²) in [5.41, 5.74) is 5.57. The number of thioether (sulfide) groups is 1. The number of rotatable bonds is 5. The molecule has 1 saturated heterocycles. The van der Waals surface area contributed by atoms with Gasteiger partial charge in [-0.3, -0.25) is 14.5 Å². The molecule has 176 valence electrons. The van der Waals surface area contributed by atoms with E-state index in [0.717, 1.165) is 22.5 Å². The van der Waals surface area contributed by atoms with Gasteiger partial charge in [-0.1, -0.05) is 83.1 Å². The Morgan fingerprint density at radius 2 is 1.62 bits per heavy atom. The number of hydrogen-bond acceptors (Lipinski definition) is 3. The molecule has 0 saturated carbocycles. The van der Waals surface area contributed by atoms with E-state index in [-0.39, 0.29) is 22.6 Å². The van der Waals surface area contributed by atoms with Gasteiger partial charge in [0.2, 0.25) is 5.91 Å². The van der Waals surface area contributed by atoms with Gasteiger partial charge in [0, 0.05) is 22.5 Å². The van der Waals surface area contributed by atoms with Crippen molar-refractivity contribution in [3.8, 4) is 0 Å². The van der Waals surface area contributed by atoms with Gasteiger partial charge in [0.1, 0.15) is 5.37 Å². The predicted molar refractivity (Wildman–Crippen MR) is 143 cm³/mol. The van der Waals surface area contributed by atoms with Gasteiger partial charge in [0.05, 0.1) is 5.75 Å². The lowest BCUT2D eigenvalue weighted by atomic mass is 9.86. The highest BCUT2D eigenvalue weighted by Gasteiger charge is 2.36. The van der Waals surface area contributed by atoms with Crippen LogP contribution in [-0.2, 0) is 10.2 Å². The third-order valence-electron chi connectivity index (χ3n) is 6.17. The first kappa shape index (κ1) is 24.1. The van der Waals surface area contributed by atoms with Crippen molar-refractivity contribution in [2.24, 2.45) is 0 Å². The van der Waals surface area contributed by atoms with Gasteiger partial charge in [-0.2, -0.15) is 0 Å². The molecule has 0 aromatic heterocycles. The molecule has 3 aromatic carbocycles. The zero-order valence-corrected chi connectivity index (χ0v) is 21.3. The van der Waals surface area contributed by atoms with Gasteiger partial charge in [-0.15, -0.1) is 11.8 Å². The summed E-state index contributed by atoms with van der Waals surface area (Å²) >= 11 is 1.59. The minimum atomic E-state index is -0.202. The number of carbonyl (C=O) groups is 2. The first-order valence-electron chi connectivity index (χ1n) is 11.7. The molecule has 1 fully saturated rings. The Morgan fingerprint density at radius 3 is 2.29 bits per heavy atom. The van der Waals surface area contributed by atoms with Crippen LogP contribution < -0.4 is 10.2 Å². The van der Waals surface area contributed by atoms with Crippen LogP contribution in [0.4, 0.5) is 11.4 Å². The molecule has 1 atom stereocenters. The number of anilines is 2. The van der Waals surface area contributed by atoms with Crippen LogP contribution in [0.3, 0.4) is 0 Å². The highest BCUT2D eigenvalue weighted by molar-refractivity contribution is 8.00. The molecule has 0 spiro atoms. The molecule has 1 heterocycles. The third kappa shape index (κ3) is 4.90. The molecule has 1 aliphatic heterocycles. The Kier molecular flexibility index (Phi) is 6.85. The highest BCUT2D eigenvalue weighted by Crippen LogP contribution is 2.46. The molecule has 4 rings (SSSR count). The molecule has 1 N–H and O–H groups in total. The fraction of sp³-hybridized carbons (Fsp3) is 0.310. The average Bonchev–Trinajstić information content (AvgIpc) is 3.19. The van der Waals surface area contributed by atoms with Crippen molar-refractivity contribution < 1.29 is 9.59 Å². The summed E-state index contributed by atoms with van der Waals surface area (Å²) in [7, 11) is 0. The maximum absolute atomic E-state index is 13.1. The van der Waals surface area contributed by atoms with Gasteiger partial charge in [0.25, 0.3) is 5.91 Å². The predicted octanol–water partition coefficient (Wildman–Crippen LogP) is 7.14. The second-order valence-corrected chi connectivity index (χ2v) is 11.1. The SMILES string of the molecule is CC(C)c1ccccc1N1C(=O)CSC1c1ccccc1NC(=O)c1ccc(C(C)(C)C)cc1. The maximum Gasteiger partial charge on any atom is 0.255 e. The van der Waals surface area contributed by atoms with Gasteiger partial charge in [-0.25, -0.2) is 0 Å². The van der Waals surface area contributed by atoms with E-state index in [1.165, 1.54) is 5.56 Å². The summed E-state index contributed by atoms with van der Waals surface area (Å²) in [6.07, 6.45) is 0. The summed E-state index contributed by atoms with van der Waals surface area (Å²) in [6.45, 7) is 10.7. The molecule has 0 radical (unpaired) electrons. The zero-order chi connectivity index (χ0) is 24.5. The van der Waals surface area contributed by atoms with Gasteiger partial charge in [0.15, 0.2) is 0 Å². The van der Waals surface area contributed by atoms with Crippen LogP contribution in [0.1, 0.15) is 73.0 Å². The number of benzene rings is 3. The van der Waals surface area contributed by atoms with E-state index in [2.05, 4.69) is 46.0 Å². The minimum Gasteiger partial charge on any atom is -0.322 e. The lowest BCUT2D eigenvalue weighted by Crippen LogP contribution is -2.29. The first-order valence-corrected chi connectivity index (χ1v) is 12.7. The van der Waals surface area contributed by atoms with Gasteiger partial charge >= 0.3 is 0 Å². The van der Waals surface area contributed by atoms with Crippen LogP contribution >= 0.6 is 11.8 Å². The van der Waals surface area contributed by atoms with E-state index in [4.69, 9.17) is 0 Å². The van der Waals surface area contributed by atoms with Crippen molar-refractivity contribution in [1.82, 2.24) is 0 Å². The molecule has 5 heteroatoms. The van der Waals surface area contributed by atoms with Gasteiger partial charge in [-0.05, 0) is 46.7 Å². The molecular formula is C29H32N2O2S. The maximum atomic E-state index is 13.1. The smallest absolute Gasteiger partial charge is 0.255 e. The Bertz CT molecular complexity index is 1200. The Morgan fingerprint density at radius 1 is 0.971 bits per heavy atom. The van der Waals surface area contributed by atoms with E-state index >= 15 is 0 Å². The molecular weight excluding hydrogens is 440 g/mol. The summed E-state index contributed by atoms with van der Waals surface area (Å²) in [5, 5.41) is 2.89. The van der Waals surface area contributed by atoms with Crippen molar-refractivity contribution in [3.05, 3.63) is 95.1 Å². The summed E-state index contributed by atoms with van der Waals surface area (Å²) < 4.78 is 0. The highest BCUT2D eigenvalue weighted by atomic mass is 32.2. The van der Waals surface area contributed by atoms with Crippen molar-refractivity contribution >= 4 is 35.0 Å². The standard InChI is InChI=1S/C29H32N2O2S/c1-19(2)22-10-7-9-13-25(22)31-26(32)18-34-28(31)23-11-6-8-12-24(23)30-27(33)20-14-16-21(17-15-20)29(3,4)5/h6-17,19,28H,18H2,1-5H3,(H,30,33). The van der Waals surface area contributed by atoms with Crippen molar-refractivity contribution in [1.29, 1.82) is 0 Å². The van der Waals surface area contributed by atoms with Crippen LogP contribution in [0.2, 0.25) is 0 Å². The Balaban J connectivity index is 1.64. The fourth-order valence-electron chi connectivity index (χ4n) is 4.25. The van der Waals surface area contributed by atoms with Crippen LogP contribution in [0, 0.1) is 0 Å². The molecule has 1 unspecified atom stereocenters. The number of carbonyl (C=O) groups excluding carboxylic acids is 2. The van der Waals surface area contributed by atoms with Crippen LogP contribution in [-0.4, -0.2) is 17.6 Å². The second kappa shape index (κ2) is 9.67. The van der Waals surface area contributed by atoms with E-state index < -0.39 is 0 Å². The first-order chi connectivity index (χ1) is 16.2. The summed E-state index contributed by atoms with van der Waals surface area (Å²) in [6, 6.07) is 23.6. The van der Waals surface area contributed by atoms with Crippen molar-refractivity contribution in [2.75, 3.05) is 16.0 Å². The number of amides is 2. The molecule has 34 heavy (non-hydrogen) atoms. The average molecular weight is 473 g/mol. The largest absolute Gasteiger partial charge is 0.322 e.